The third-order valence-corrected chi connectivity index (χ3v) is 1.87. The standard InChI is InChI=1S/C6H7N2O6P/c7-5-2-1-4(14-15(11,12)13)3-6(5)8(9)10/h1-3H,7H2,(H2,11,12,13). The summed E-state index contributed by atoms with van der Waals surface area (Å²) in [5.74, 6) is -0.316. The van der Waals surface area contributed by atoms with E-state index < -0.39 is 18.4 Å². The second-order valence-corrected chi connectivity index (χ2v) is 3.72. The van der Waals surface area contributed by atoms with Crippen LogP contribution in [0.1, 0.15) is 0 Å². The molecule has 0 aliphatic heterocycles. The van der Waals surface area contributed by atoms with Crippen molar-refractivity contribution in [3.05, 3.63) is 28.3 Å². The van der Waals surface area contributed by atoms with Gasteiger partial charge in [-0.2, -0.15) is 0 Å². The summed E-state index contributed by atoms with van der Waals surface area (Å²) >= 11 is 0. The molecular weight excluding hydrogens is 227 g/mol. The van der Waals surface area contributed by atoms with Crippen LogP contribution in [-0.2, 0) is 4.57 Å². The van der Waals surface area contributed by atoms with Crippen LogP contribution in [0.2, 0.25) is 0 Å². The van der Waals surface area contributed by atoms with Crippen molar-refractivity contribution in [2.75, 3.05) is 5.73 Å². The number of anilines is 1. The fraction of sp³-hybridized carbons (Fsp3) is 0. The highest BCUT2D eigenvalue weighted by molar-refractivity contribution is 7.46. The van der Waals surface area contributed by atoms with E-state index in [1.807, 2.05) is 0 Å². The maximum Gasteiger partial charge on any atom is 0.524 e. The van der Waals surface area contributed by atoms with Gasteiger partial charge in [-0.3, -0.25) is 19.9 Å². The molecule has 82 valence electrons. The van der Waals surface area contributed by atoms with Crippen molar-refractivity contribution in [1.29, 1.82) is 0 Å². The van der Waals surface area contributed by atoms with Crippen molar-refractivity contribution in [3.8, 4) is 5.75 Å². The molecule has 0 aliphatic carbocycles. The third-order valence-electron chi connectivity index (χ3n) is 1.42. The summed E-state index contributed by atoms with van der Waals surface area (Å²) in [6.45, 7) is 0. The number of benzene rings is 1. The van der Waals surface area contributed by atoms with Gasteiger partial charge in [0.2, 0.25) is 0 Å². The second-order valence-electron chi connectivity index (χ2n) is 2.56. The van der Waals surface area contributed by atoms with E-state index in [-0.39, 0.29) is 11.4 Å². The van der Waals surface area contributed by atoms with Gasteiger partial charge < -0.3 is 10.3 Å². The summed E-state index contributed by atoms with van der Waals surface area (Å²) in [7, 11) is -4.72. The first kappa shape index (κ1) is 11.4. The molecule has 0 bridgehead atoms. The molecule has 0 atom stereocenters. The molecule has 1 rings (SSSR count). The van der Waals surface area contributed by atoms with Crippen molar-refractivity contribution < 1.29 is 23.8 Å². The minimum atomic E-state index is -4.72. The number of hydrogen-bond acceptors (Lipinski definition) is 5. The lowest BCUT2D eigenvalue weighted by Gasteiger charge is -2.06. The smallest absolute Gasteiger partial charge is 0.404 e. The molecule has 8 nitrogen and oxygen atoms in total. The Kier molecular flexibility index (Phi) is 2.94. The van der Waals surface area contributed by atoms with Gasteiger partial charge in [-0.05, 0) is 12.1 Å². The summed E-state index contributed by atoms with van der Waals surface area (Å²) in [5.41, 5.74) is 4.68. The number of hydrogen-bond donors (Lipinski definition) is 3. The fourth-order valence-corrected chi connectivity index (χ4v) is 1.26. The number of rotatable bonds is 3. The monoisotopic (exact) mass is 234 g/mol. The lowest BCUT2D eigenvalue weighted by Crippen LogP contribution is -1.97. The van der Waals surface area contributed by atoms with E-state index in [0.717, 1.165) is 18.2 Å². The van der Waals surface area contributed by atoms with Crippen LogP contribution in [0.15, 0.2) is 18.2 Å². The molecule has 0 spiro atoms. The molecule has 4 N–H and O–H groups in total. The molecule has 0 radical (unpaired) electrons. The highest BCUT2D eigenvalue weighted by Gasteiger charge is 2.19. The summed E-state index contributed by atoms with van der Waals surface area (Å²) in [6, 6.07) is 3.10. The topological polar surface area (TPSA) is 136 Å². The number of phosphoric acid groups is 1. The van der Waals surface area contributed by atoms with Crippen molar-refractivity contribution >= 4 is 19.2 Å². The molecule has 1 aromatic carbocycles. The Balaban J connectivity index is 3.08. The number of nitrogen functional groups attached to an aromatic ring is 1. The maximum absolute atomic E-state index is 10.4. The lowest BCUT2D eigenvalue weighted by atomic mass is 10.2. The van der Waals surface area contributed by atoms with E-state index in [4.69, 9.17) is 15.5 Å². The molecule has 15 heavy (non-hydrogen) atoms. The Morgan fingerprint density at radius 3 is 2.53 bits per heavy atom. The molecule has 1 aromatic rings. The van der Waals surface area contributed by atoms with E-state index in [9.17, 15) is 14.7 Å². The van der Waals surface area contributed by atoms with Crippen LogP contribution in [0, 0.1) is 10.1 Å². The lowest BCUT2D eigenvalue weighted by molar-refractivity contribution is -0.383. The molecular formula is C6H7N2O6P. The second kappa shape index (κ2) is 3.85. The summed E-state index contributed by atoms with van der Waals surface area (Å²) in [4.78, 5) is 26.6. The largest absolute Gasteiger partial charge is 0.524 e. The van der Waals surface area contributed by atoms with E-state index in [1.165, 1.54) is 0 Å². The molecule has 9 heteroatoms. The average Bonchev–Trinajstić information content (AvgIpc) is 2.05. The Bertz CT molecular complexity index is 441. The predicted molar refractivity (Wildman–Crippen MR) is 50.2 cm³/mol. The van der Waals surface area contributed by atoms with Crippen LogP contribution in [0.3, 0.4) is 0 Å². The van der Waals surface area contributed by atoms with E-state index in [1.54, 1.807) is 0 Å². The van der Waals surface area contributed by atoms with Crippen LogP contribution < -0.4 is 10.3 Å². The summed E-state index contributed by atoms with van der Waals surface area (Å²) in [5, 5.41) is 10.4. The van der Waals surface area contributed by atoms with Gasteiger partial charge in [0.1, 0.15) is 11.4 Å². The highest BCUT2D eigenvalue weighted by atomic mass is 31.2. The molecule has 0 aromatic heterocycles. The average molecular weight is 234 g/mol. The number of phosphoric ester groups is 1. The molecule has 0 fully saturated rings. The van der Waals surface area contributed by atoms with E-state index in [0.29, 0.717) is 0 Å². The number of nitrogens with zero attached hydrogens (tertiary/aromatic N) is 1. The Morgan fingerprint density at radius 2 is 2.07 bits per heavy atom. The zero-order valence-electron chi connectivity index (χ0n) is 7.23. The Hall–Kier alpha value is -1.63. The number of nitro benzene ring substituents is 1. The zero-order chi connectivity index (χ0) is 11.6. The molecule has 0 heterocycles. The van der Waals surface area contributed by atoms with Crippen LogP contribution in [-0.4, -0.2) is 14.7 Å². The first-order valence-corrected chi connectivity index (χ1v) is 5.12. The van der Waals surface area contributed by atoms with Crippen LogP contribution in [0.5, 0.6) is 5.75 Å². The first-order chi connectivity index (χ1) is 6.79. The number of nitrogens with two attached hydrogens (primary N) is 1. The van der Waals surface area contributed by atoms with Crippen molar-refractivity contribution in [3.63, 3.8) is 0 Å². The van der Waals surface area contributed by atoms with Gasteiger partial charge in [0, 0.05) is 0 Å². The van der Waals surface area contributed by atoms with Gasteiger partial charge in [-0.15, -0.1) is 0 Å². The normalized spacial score (nSPS) is 11.1. The van der Waals surface area contributed by atoms with E-state index >= 15 is 0 Å². The Morgan fingerprint density at radius 1 is 1.47 bits per heavy atom. The molecule has 0 amide bonds. The van der Waals surface area contributed by atoms with Gasteiger partial charge in [-0.25, -0.2) is 4.57 Å². The van der Waals surface area contributed by atoms with Gasteiger partial charge >= 0.3 is 7.82 Å². The van der Waals surface area contributed by atoms with Crippen LogP contribution in [0.25, 0.3) is 0 Å². The molecule has 0 aliphatic rings. The van der Waals surface area contributed by atoms with Gasteiger partial charge in [-0.1, -0.05) is 0 Å². The molecule has 0 saturated heterocycles. The highest BCUT2D eigenvalue weighted by Crippen LogP contribution is 2.39. The fourth-order valence-electron chi connectivity index (χ4n) is 0.876. The summed E-state index contributed by atoms with van der Waals surface area (Å²) < 4.78 is 14.6. The Labute approximate surface area is 83.7 Å². The molecule has 0 saturated carbocycles. The molecule has 0 unspecified atom stereocenters. The maximum atomic E-state index is 10.4. The minimum absolute atomic E-state index is 0.113. The van der Waals surface area contributed by atoms with Crippen LogP contribution >= 0.6 is 7.82 Å². The van der Waals surface area contributed by atoms with Crippen molar-refractivity contribution in [2.24, 2.45) is 0 Å². The van der Waals surface area contributed by atoms with E-state index in [2.05, 4.69) is 4.52 Å². The van der Waals surface area contributed by atoms with Gasteiger partial charge in [0.15, 0.2) is 0 Å². The summed E-state index contributed by atoms with van der Waals surface area (Å²) in [6.07, 6.45) is 0. The van der Waals surface area contributed by atoms with Gasteiger partial charge in [0.25, 0.3) is 5.69 Å². The zero-order valence-corrected chi connectivity index (χ0v) is 8.13. The number of nitro groups is 1. The first-order valence-electron chi connectivity index (χ1n) is 3.58. The van der Waals surface area contributed by atoms with Crippen molar-refractivity contribution in [1.82, 2.24) is 0 Å². The van der Waals surface area contributed by atoms with Crippen molar-refractivity contribution in [2.45, 2.75) is 0 Å². The van der Waals surface area contributed by atoms with Gasteiger partial charge in [0.05, 0.1) is 11.0 Å². The van der Waals surface area contributed by atoms with Crippen LogP contribution in [0.4, 0.5) is 11.4 Å². The predicted octanol–water partition coefficient (Wildman–Crippen LogP) is 0.648. The minimum Gasteiger partial charge on any atom is -0.404 e. The third kappa shape index (κ3) is 3.21. The quantitative estimate of drug-likeness (QED) is 0.302. The SMILES string of the molecule is Nc1ccc(OP(=O)(O)O)cc1[N+](=O)[O-].